The van der Waals surface area contributed by atoms with Crippen LogP contribution >= 0.6 is 0 Å². The number of likely N-dealkylation sites (tertiary alicyclic amines) is 1. The highest BCUT2D eigenvalue weighted by atomic mass is 32.2. The highest BCUT2D eigenvalue weighted by Crippen LogP contribution is 2.26. The number of pyridine rings is 1. The first-order chi connectivity index (χ1) is 20.9. The van der Waals surface area contributed by atoms with Crippen LogP contribution in [0.4, 0.5) is 25.2 Å². The van der Waals surface area contributed by atoms with Gasteiger partial charge in [0.2, 0.25) is 10.0 Å². The minimum absolute atomic E-state index is 0.0105. The van der Waals surface area contributed by atoms with E-state index in [4.69, 9.17) is 4.74 Å². The van der Waals surface area contributed by atoms with Gasteiger partial charge < -0.3 is 25.4 Å². The molecule has 250 valence electrons. The second-order valence-corrected chi connectivity index (χ2v) is 14.6. The van der Waals surface area contributed by atoms with Crippen LogP contribution in [-0.2, 0) is 21.2 Å². The number of amides is 2. The summed E-state index contributed by atoms with van der Waals surface area (Å²) in [5.41, 5.74) is -0.560. The molecule has 3 N–H and O–H groups in total. The summed E-state index contributed by atoms with van der Waals surface area (Å²) in [6.07, 6.45) is 1.39. The highest BCUT2D eigenvalue weighted by Gasteiger charge is 2.39. The number of rotatable bonds is 11. The molecule has 1 saturated heterocycles. The molecule has 0 radical (unpaired) electrons. The number of aromatic nitrogens is 1. The zero-order chi connectivity index (χ0) is 33.7. The first-order valence-electron chi connectivity index (χ1n) is 15.0. The van der Waals surface area contributed by atoms with Gasteiger partial charge >= 0.3 is 6.09 Å². The van der Waals surface area contributed by atoms with Crippen molar-refractivity contribution in [2.24, 2.45) is 0 Å². The number of nitrogens with zero attached hydrogens (tertiary/aromatic N) is 3. The lowest BCUT2D eigenvalue weighted by atomic mass is 9.90. The predicted molar refractivity (Wildman–Crippen MR) is 169 cm³/mol. The van der Waals surface area contributed by atoms with E-state index in [2.05, 4.69) is 15.6 Å². The molecule has 0 bridgehead atoms. The van der Waals surface area contributed by atoms with E-state index >= 15 is 0 Å². The lowest BCUT2D eigenvalue weighted by molar-refractivity contribution is -0.0243. The van der Waals surface area contributed by atoms with E-state index in [9.17, 15) is 31.9 Å². The van der Waals surface area contributed by atoms with Gasteiger partial charge in [-0.3, -0.25) is 9.10 Å². The van der Waals surface area contributed by atoms with Crippen LogP contribution in [0.2, 0.25) is 0 Å². The summed E-state index contributed by atoms with van der Waals surface area (Å²) >= 11 is 0. The van der Waals surface area contributed by atoms with Gasteiger partial charge in [0.15, 0.2) is 0 Å². The van der Waals surface area contributed by atoms with Gasteiger partial charge in [0, 0.05) is 31.3 Å². The standard InChI is InChI=1S/C31H45F2N5O6S/c1-8-19(2)34-26-16-21(17-27(36-26)37(6)45(7,42)43)29(40)35-24(15-20-13-22(32)18-23(33)14-20)28(39)25-11-9-10-12-38(25)30(41)44-31(3,4)5/h13-14,16-19,24-25,28,39H,8-12,15H2,1-7H3,(H,34,36)(H,35,40)/t19?,24-,25+,28-/m0/s1. The third-order valence-electron chi connectivity index (χ3n) is 7.58. The maximum absolute atomic E-state index is 14.2. The van der Waals surface area contributed by atoms with Crippen molar-refractivity contribution in [1.82, 2.24) is 15.2 Å². The molecule has 11 nitrogen and oxygen atoms in total. The molecule has 0 aliphatic carbocycles. The normalized spacial score (nSPS) is 17.6. The van der Waals surface area contributed by atoms with E-state index in [0.29, 0.717) is 25.8 Å². The van der Waals surface area contributed by atoms with Crippen LogP contribution < -0.4 is 14.9 Å². The first kappa shape index (κ1) is 36.0. The SMILES string of the molecule is CCC(C)Nc1cc(C(=O)N[C@@H](Cc2cc(F)cc(F)c2)[C@H](O)[C@H]2CCCCN2C(=O)OC(C)(C)C)cc(N(C)S(C)(=O)=O)n1. The number of hydrogen-bond acceptors (Lipinski definition) is 8. The van der Waals surface area contributed by atoms with Crippen LogP contribution in [-0.4, -0.2) is 85.1 Å². The zero-order valence-electron chi connectivity index (χ0n) is 26.9. The molecule has 3 rings (SSSR count). The van der Waals surface area contributed by atoms with Gasteiger partial charge in [-0.2, -0.15) is 0 Å². The van der Waals surface area contributed by atoms with E-state index in [1.165, 1.54) is 24.1 Å². The van der Waals surface area contributed by atoms with Crippen molar-refractivity contribution in [3.63, 3.8) is 0 Å². The Morgan fingerprint density at radius 3 is 2.38 bits per heavy atom. The fourth-order valence-corrected chi connectivity index (χ4v) is 5.46. The van der Waals surface area contributed by atoms with Gasteiger partial charge in [0.25, 0.3) is 5.91 Å². The number of piperidine rings is 1. The molecule has 2 aromatic rings. The molecule has 0 spiro atoms. The molecule has 0 saturated carbocycles. The zero-order valence-corrected chi connectivity index (χ0v) is 27.7. The van der Waals surface area contributed by atoms with Gasteiger partial charge in [-0.15, -0.1) is 0 Å². The van der Waals surface area contributed by atoms with Gasteiger partial charge in [-0.1, -0.05) is 6.92 Å². The lowest BCUT2D eigenvalue weighted by Crippen LogP contribution is -2.58. The van der Waals surface area contributed by atoms with E-state index < -0.39 is 57.4 Å². The Morgan fingerprint density at radius 2 is 1.80 bits per heavy atom. The number of carbonyl (C=O) groups is 2. The fourth-order valence-electron chi connectivity index (χ4n) is 5.03. The van der Waals surface area contributed by atoms with E-state index in [1.54, 1.807) is 20.8 Å². The van der Waals surface area contributed by atoms with E-state index in [1.807, 2.05) is 13.8 Å². The summed E-state index contributed by atoms with van der Waals surface area (Å²) in [6.45, 7) is 9.37. The number of sulfonamides is 1. The number of anilines is 2. The second-order valence-electron chi connectivity index (χ2n) is 12.6. The van der Waals surface area contributed by atoms with Gasteiger partial charge in [0.1, 0.15) is 28.9 Å². The fraction of sp³-hybridized carbons (Fsp3) is 0.581. The number of hydrogen-bond donors (Lipinski definition) is 3. The van der Waals surface area contributed by atoms with E-state index in [-0.39, 0.29) is 35.2 Å². The topological polar surface area (TPSA) is 141 Å². The molecule has 1 aromatic carbocycles. The quantitative estimate of drug-likeness (QED) is 0.323. The molecular weight excluding hydrogens is 608 g/mol. The number of aliphatic hydroxyl groups is 1. The molecular formula is C31H45F2N5O6S. The van der Waals surface area contributed by atoms with E-state index in [0.717, 1.165) is 35.2 Å². The largest absolute Gasteiger partial charge is 0.444 e. The summed E-state index contributed by atoms with van der Waals surface area (Å²) in [5, 5.41) is 17.7. The molecule has 14 heteroatoms. The van der Waals surface area contributed by atoms with Crippen molar-refractivity contribution in [2.45, 2.75) is 96.6 Å². The Morgan fingerprint density at radius 1 is 1.16 bits per heavy atom. The van der Waals surface area contributed by atoms with Crippen molar-refractivity contribution in [2.75, 3.05) is 29.5 Å². The summed E-state index contributed by atoms with van der Waals surface area (Å²) in [4.78, 5) is 32.7. The molecule has 1 unspecified atom stereocenters. The molecule has 45 heavy (non-hydrogen) atoms. The third-order valence-corrected chi connectivity index (χ3v) is 8.76. The van der Waals surface area contributed by atoms with Crippen LogP contribution in [0.1, 0.15) is 76.2 Å². The van der Waals surface area contributed by atoms with Crippen LogP contribution in [0, 0.1) is 11.6 Å². The second kappa shape index (κ2) is 14.7. The Labute approximate surface area is 264 Å². The smallest absolute Gasteiger partial charge is 0.410 e. The van der Waals surface area contributed by atoms with Crippen molar-refractivity contribution in [3.8, 4) is 0 Å². The number of aliphatic hydroxyl groups excluding tert-OH is 1. The van der Waals surface area contributed by atoms with Gasteiger partial charge in [0.05, 0.1) is 24.4 Å². The number of nitrogens with one attached hydrogen (secondary N) is 2. The Kier molecular flexibility index (Phi) is 11.8. The number of halogens is 2. The monoisotopic (exact) mass is 653 g/mol. The maximum Gasteiger partial charge on any atom is 0.410 e. The van der Waals surface area contributed by atoms with Crippen LogP contribution in [0.25, 0.3) is 0 Å². The van der Waals surface area contributed by atoms with Crippen LogP contribution in [0.3, 0.4) is 0 Å². The Hall–Kier alpha value is -3.52. The average molecular weight is 654 g/mol. The third kappa shape index (κ3) is 10.2. The predicted octanol–water partition coefficient (Wildman–Crippen LogP) is 4.46. The summed E-state index contributed by atoms with van der Waals surface area (Å²) in [6, 6.07) is 3.79. The van der Waals surface area contributed by atoms with Crippen LogP contribution in [0.15, 0.2) is 30.3 Å². The number of carbonyl (C=O) groups excluding carboxylic acids is 2. The number of benzene rings is 1. The summed E-state index contributed by atoms with van der Waals surface area (Å²) in [7, 11) is -2.41. The molecule has 2 heterocycles. The van der Waals surface area contributed by atoms with Crippen LogP contribution in [0.5, 0.6) is 0 Å². The van der Waals surface area contributed by atoms with Crippen molar-refractivity contribution < 1.29 is 36.6 Å². The summed E-state index contributed by atoms with van der Waals surface area (Å²) in [5.74, 6) is -2.07. The highest BCUT2D eigenvalue weighted by molar-refractivity contribution is 7.92. The number of ether oxygens (including phenoxy) is 1. The average Bonchev–Trinajstić information content (AvgIpc) is 2.93. The molecule has 1 aromatic heterocycles. The molecule has 4 atom stereocenters. The Bertz CT molecular complexity index is 1450. The Balaban J connectivity index is 2.02. The maximum atomic E-state index is 14.2. The molecule has 1 aliphatic heterocycles. The molecule has 1 aliphatic rings. The van der Waals surface area contributed by atoms with Crippen molar-refractivity contribution in [1.29, 1.82) is 0 Å². The van der Waals surface area contributed by atoms with Crippen molar-refractivity contribution in [3.05, 3.63) is 53.1 Å². The first-order valence-corrected chi connectivity index (χ1v) is 16.9. The minimum Gasteiger partial charge on any atom is -0.444 e. The minimum atomic E-state index is -3.73. The molecule has 1 fully saturated rings. The van der Waals surface area contributed by atoms with Gasteiger partial charge in [-0.25, -0.2) is 27.0 Å². The molecule has 2 amide bonds. The summed E-state index contributed by atoms with van der Waals surface area (Å²) < 4.78 is 59.4. The van der Waals surface area contributed by atoms with Gasteiger partial charge in [-0.05, 0) is 89.6 Å². The van der Waals surface area contributed by atoms with Crippen molar-refractivity contribution >= 4 is 33.7 Å². The lowest BCUT2D eigenvalue weighted by Gasteiger charge is -2.41.